The number of imidazole rings is 1. The van der Waals surface area contributed by atoms with Crippen LogP contribution in [0.3, 0.4) is 0 Å². The molecule has 9 heteroatoms. The number of amides is 1. The first-order chi connectivity index (χ1) is 14.0. The van der Waals surface area contributed by atoms with Gasteiger partial charge in [0, 0.05) is 38.5 Å². The van der Waals surface area contributed by atoms with Crippen molar-refractivity contribution in [2.24, 2.45) is 14.1 Å². The summed E-state index contributed by atoms with van der Waals surface area (Å²) in [5, 5.41) is 2.93. The Hall–Kier alpha value is -2.81. The van der Waals surface area contributed by atoms with Crippen LogP contribution in [-0.4, -0.2) is 36.9 Å². The molecule has 0 saturated carbocycles. The van der Waals surface area contributed by atoms with E-state index in [1.807, 2.05) is 18.2 Å². The lowest BCUT2D eigenvalue weighted by molar-refractivity contribution is -0.121. The maximum Gasteiger partial charge on any atom is 0.332 e. The van der Waals surface area contributed by atoms with E-state index >= 15 is 0 Å². The van der Waals surface area contributed by atoms with Gasteiger partial charge in [-0.05, 0) is 30.7 Å². The van der Waals surface area contributed by atoms with Crippen LogP contribution in [0, 0.1) is 0 Å². The molecular formula is C20H25N5O3S. The van der Waals surface area contributed by atoms with Gasteiger partial charge in [-0.3, -0.25) is 18.7 Å². The Labute approximate surface area is 172 Å². The first kappa shape index (κ1) is 20.9. The number of aromatic nitrogens is 4. The minimum Gasteiger partial charge on any atom is -0.356 e. The van der Waals surface area contributed by atoms with Crippen LogP contribution in [0.2, 0.25) is 0 Å². The molecule has 0 aliphatic heterocycles. The largest absolute Gasteiger partial charge is 0.356 e. The molecule has 2 heterocycles. The smallest absolute Gasteiger partial charge is 0.332 e. The predicted octanol–water partition coefficient (Wildman–Crippen LogP) is 1.51. The van der Waals surface area contributed by atoms with E-state index in [1.54, 1.807) is 29.7 Å². The highest BCUT2D eigenvalue weighted by Gasteiger charge is 2.14. The Morgan fingerprint density at radius 1 is 1.10 bits per heavy atom. The summed E-state index contributed by atoms with van der Waals surface area (Å²) in [4.78, 5) is 41.8. The van der Waals surface area contributed by atoms with Crippen LogP contribution in [0.1, 0.15) is 19.3 Å². The number of thioether (sulfide) groups is 1. The van der Waals surface area contributed by atoms with Gasteiger partial charge in [-0.2, -0.15) is 0 Å². The number of aryl methyl sites for hydroxylation is 2. The standard InChI is InChI=1S/C20H25N5O3S/c1-23-18-17(19(27)24(2)20(23)28)25(14-22-18)12-6-10-16(26)21-11-7-13-29-15-8-4-3-5-9-15/h3-5,8-9,14H,6-7,10-13H2,1-2H3,(H,21,26). The van der Waals surface area contributed by atoms with Crippen LogP contribution in [0.5, 0.6) is 0 Å². The molecule has 3 aromatic rings. The number of hydrogen-bond donors (Lipinski definition) is 1. The molecule has 0 radical (unpaired) electrons. The molecule has 3 rings (SSSR count). The molecule has 1 amide bonds. The molecule has 0 fully saturated rings. The van der Waals surface area contributed by atoms with E-state index in [1.165, 1.54) is 16.5 Å². The molecule has 0 atom stereocenters. The van der Waals surface area contributed by atoms with Gasteiger partial charge >= 0.3 is 5.69 Å². The molecule has 2 aromatic heterocycles. The summed E-state index contributed by atoms with van der Waals surface area (Å²) < 4.78 is 4.13. The highest BCUT2D eigenvalue weighted by Crippen LogP contribution is 2.17. The third-order valence-electron chi connectivity index (χ3n) is 4.68. The Bertz CT molecular complexity index is 1100. The minimum absolute atomic E-state index is 0.000524. The molecule has 0 saturated heterocycles. The van der Waals surface area contributed by atoms with Crippen molar-refractivity contribution in [2.45, 2.75) is 30.7 Å². The van der Waals surface area contributed by atoms with Crippen LogP contribution in [-0.2, 0) is 25.4 Å². The third-order valence-corrected chi connectivity index (χ3v) is 5.77. The van der Waals surface area contributed by atoms with Gasteiger partial charge in [-0.25, -0.2) is 9.78 Å². The number of hydrogen-bond acceptors (Lipinski definition) is 5. The van der Waals surface area contributed by atoms with E-state index in [4.69, 9.17) is 0 Å². The lowest BCUT2D eigenvalue weighted by atomic mass is 10.3. The fraction of sp³-hybridized carbons (Fsp3) is 0.400. The van der Waals surface area contributed by atoms with E-state index in [0.29, 0.717) is 37.1 Å². The van der Waals surface area contributed by atoms with Gasteiger partial charge < -0.3 is 9.88 Å². The molecule has 0 aliphatic carbocycles. The average Bonchev–Trinajstić information content (AvgIpc) is 3.15. The third kappa shape index (κ3) is 4.97. The fourth-order valence-corrected chi connectivity index (χ4v) is 3.95. The normalized spacial score (nSPS) is 11.1. The van der Waals surface area contributed by atoms with Crippen molar-refractivity contribution < 1.29 is 4.79 Å². The summed E-state index contributed by atoms with van der Waals surface area (Å²) in [5.41, 5.74) is -0.0371. The van der Waals surface area contributed by atoms with Crippen molar-refractivity contribution in [3.63, 3.8) is 0 Å². The van der Waals surface area contributed by atoms with E-state index in [-0.39, 0.29) is 11.5 Å². The minimum atomic E-state index is -0.405. The van der Waals surface area contributed by atoms with E-state index in [2.05, 4.69) is 22.4 Å². The van der Waals surface area contributed by atoms with Crippen LogP contribution >= 0.6 is 11.8 Å². The van der Waals surface area contributed by atoms with Crippen molar-refractivity contribution in [1.82, 2.24) is 24.0 Å². The number of rotatable bonds is 9. The van der Waals surface area contributed by atoms with Crippen LogP contribution in [0.4, 0.5) is 0 Å². The quantitative estimate of drug-likeness (QED) is 0.423. The summed E-state index contributed by atoms with van der Waals surface area (Å²) >= 11 is 1.78. The molecule has 1 N–H and O–H groups in total. The number of fused-ring (bicyclic) bond motifs is 1. The van der Waals surface area contributed by atoms with Crippen molar-refractivity contribution in [2.75, 3.05) is 12.3 Å². The molecule has 0 bridgehead atoms. The molecule has 1 aromatic carbocycles. The van der Waals surface area contributed by atoms with Crippen molar-refractivity contribution >= 4 is 28.8 Å². The predicted molar refractivity (Wildman–Crippen MR) is 114 cm³/mol. The summed E-state index contributed by atoms with van der Waals surface area (Å²) in [7, 11) is 3.04. The van der Waals surface area contributed by atoms with Crippen LogP contribution in [0.15, 0.2) is 51.1 Å². The van der Waals surface area contributed by atoms with E-state index < -0.39 is 5.69 Å². The number of carbonyl (C=O) groups excluding carboxylic acids is 1. The summed E-state index contributed by atoms with van der Waals surface area (Å²) in [5.74, 6) is 0.951. The maximum atomic E-state index is 12.4. The Kier molecular flexibility index (Phi) is 6.92. The first-order valence-corrected chi connectivity index (χ1v) is 10.5. The summed E-state index contributed by atoms with van der Waals surface area (Å²) in [6.45, 7) is 1.14. The molecular weight excluding hydrogens is 390 g/mol. The first-order valence-electron chi connectivity index (χ1n) is 9.54. The van der Waals surface area contributed by atoms with Crippen LogP contribution < -0.4 is 16.6 Å². The van der Waals surface area contributed by atoms with Crippen LogP contribution in [0.25, 0.3) is 11.2 Å². The Morgan fingerprint density at radius 3 is 2.62 bits per heavy atom. The zero-order valence-electron chi connectivity index (χ0n) is 16.6. The SMILES string of the molecule is Cn1c(=O)c2c(ncn2CCCC(=O)NCCCSc2ccccc2)n(C)c1=O. The van der Waals surface area contributed by atoms with E-state index in [0.717, 1.165) is 16.7 Å². The van der Waals surface area contributed by atoms with Gasteiger partial charge in [-0.15, -0.1) is 11.8 Å². The van der Waals surface area contributed by atoms with Gasteiger partial charge in [-0.1, -0.05) is 18.2 Å². The monoisotopic (exact) mass is 415 g/mol. The average molecular weight is 416 g/mol. The number of nitrogens with zero attached hydrogens (tertiary/aromatic N) is 4. The maximum absolute atomic E-state index is 12.4. The van der Waals surface area contributed by atoms with Crippen molar-refractivity contribution in [3.8, 4) is 0 Å². The second kappa shape index (κ2) is 9.60. The number of benzene rings is 1. The fourth-order valence-electron chi connectivity index (χ4n) is 3.07. The molecule has 8 nitrogen and oxygen atoms in total. The number of carbonyl (C=O) groups is 1. The second-order valence-electron chi connectivity index (χ2n) is 6.78. The zero-order valence-corrected chi connectivity index (χ0v) is 17.4. The highest BCUT2D eigenvalue weighted by atomic mass is 32.2. The van der Waals surface area contributed by atoms with Crippen molar-refractivity contribution in [3.05, 3.63) is 57.5 Å². The van der Waals surface area contributed by atoms with E-state index in [9.17, 15) is 14.4 Å². The highest BCUT2D eigenvalue weighted by molar-refractivity contribution is 7.99. The topological polar surface area (TPSA) is 90.9 Å². The second-order valence-corrected chi connectivity index (χ2v) is 7.95. The molecule has 0 unspecified atom stereocenters. The number of nitrogens with one attached hydrogen (secondary N) is 1. The van der Waals surface area contributed by atoms with Gasteiger partial charge in [0.15, 0.2) is 11.2 Å². The zero-order chi connectivity index (χ0) is 20.8. The lowest BCUT2D eigenvalue weighted by Gasteiger charge is -2.07. The van der Waals surface area contributed by atoms with Gasteiger partial charge in [0.05, 0.1) is 6.33 Å². The molecule has 0 spiro atoms. The lowest BCUT2D eigenvalue weighted by Crippen LogP contribution is -2.37. The van der Waals surface area contributed by atoms with Gasteiger partial charge in [0.25, 0.3) is 5.56 Å². The summed E-state index contributed by atoms with van der Waals surface area (Å²) in [6.07, 6.45) is 3.41. The summed E-state index contributed by atoms with van der Waals surface area (Å²) in [6, 6.07) is 10.2. The molecule has 0 aliphatic rings. The Morgan fingerprint density at radius 2 is 1.86 bits per heavy atom. The molecule has 29 heavy (non-hydrogen) atoms. The molecule has 154 valence electrons. The Balaban J connectivity index is 1.44. The van der Waals surface area contributed by atoms with Gasteiger partial charge in [0.1, 0.15) is 0 Å². The van der Waals surface area contributed by atoms with Gasteiger partial charge in [0.2, 0.25) is 5.91 Å². The van der Waals surface area contributed by atoms with Crippen molar-refractivity contribution in [1.29, 1.82) is 0 Å².